The van der Waals surface area contributed by atoms with Crippen LogP contribution in [-0.2, 0) is 23.3 Å². The van der Waals surface area contributed by atoms with Crippen LogP contribution in [0.2, 0.25) is 5.02 Å². The number of carbonyl (C=O) groups excluding carboxylic acids is 1. The van der Waals surface area contributed by atoms with E-state index in [0.717, 1.165) is 28.9 Å². The lowest BCUT2D eigenvalue weighted by Gasteiger charge is -2.49. The van der Waals surface area contributed by atoms with Gasteiger partial charge in [-0.2, -0.15) is 0 Å². The SMILES string of the molecule is C=C1c2ccccc2CC2(c3ccc(Cl)cc3)N1CCN2C(=O)Cc1cccnc1. The predicted octanol–water partition coefficient (Wildman–Crippen LogP) is 4.50. The van der Waals surface area contributed by atoms with Crippen molar-refractivity contribution in [2.24, 2.45) is 0 Å². The molecule has 0 saturated carbocycles. The van der Waals surface area contributed by atoms with Crippen molar-refractivity contribution in [2.75, 3.05) is 13.1 Å². The quantitative estimate of drug-likeness (QED) is 0.631. The van der Waals surface area contributed by atoms with E-state index in [9.17, 15) is 4.79 Å². The third-order valence-corrected chi connectivity index (χ3v) is 6.47. The first-order chi connectivity index (χ1) is 14.6. The number of pyridine rings is 1. The summed E-state index contributed by atoms with van der Waals surface area (Å²) in [4.78, 5) is 22.0. The molecule has 150 valence electrons. The number of carbonyl (C=O) groups is 1. The molecule has 3 heterocycles. The van der Waals surface area contributed by atoms with Gasteiger partial charge in [-0.25, -0.2) is 0 Å². The molecule has 2 aromatic carbocycles. The van der Waals surface area contributed by atoms with Crippen LogP contribution in [0, 0.1) is 0 Å². The van der Waals surface area contributed by atoms with Crippen molar-refractivity contribution in [1.82, 2.24) is 14.8 Å². The third-order valence-electron chi connectivity index (χ3n) is 6.22. The average Bonchev–Trinajstić information content (AvgIpc) is 3.16. The molecule has 5 rings (SSSR count). The molecule has 1 atom stereocenters. The minimum Gasteiger partial charge on any atom is -0.343 e. The summed E-state index contributed by atoms with van der Waals surface area (Å²) in [5, 5.41) is 0.683. The molecule has 4 nitrogen and oxygen atoms in total. The molecular formula is C25H22ClN3O. The van der Waals surface area contributed by atoms with Crippen molar-refractivity contribution >= 4 is 23.2 Å². The normalized spacial score (nSPS) is 20.1. The molecule has 1 unspecified atom stereocenters. The maximum absolute atomic E-state index is 13.5. The molecule has 0 aliphatic carbocycles. The van der Waals surface area contributed by atoms with E-state index < -0.39 is 5.66 Å². The van der Waals surface area contributed by atoms with Crippen molar-refractivity contribution in [3.05, 3.63) is 107 Å². The highest BCUT2D eigenvalue weighted by Gasteiger charge is 2.53. The molecule has 1 fully saturated rings. The zero-order valence-electron chi connectivity index (χ0n) is 16.6. The molecule has 1 aromatic heterocycles. The van der Waals surface area contributed by atoms with Crippen LogP contribution in [0.15, 0.2) is 79.6 Å². The Kier molecular flexibility index (Phi) is 4.59. The Morgan fingerprint density at radius 1 is 1.07 bits per heavy atom. The van der Waals surface area contributed by atoms with E-state index in [1.807, 2.05) is 53.4 Å². The molecule has 2 aliphatic heterocycles. The van der Waals surface area contributed by atoms with Crippen molar-refractivity contribution in [2.45, 2.75) is 18.5 Å². The Bertz CT molecular complexity index is 1110. The number of hydrogen-bond acceptors (Lipinski definition) is 3. The monoisotopic (exact) mass is 415 g/mol. The van der Waals surface area contributed by atoms with E-state index in [4.69, 9.17) is 11.6 Å². The van der Waals surface area contributed by atoms with Crippen LogP contribution in [0.5, 0.6) is 0 Å². The molecular weight excluding hydrogens is 394 g/mol. The van der Waals surface area contributed by atoms with Crippen molar-refractivity contribution < 1.29 is 4.79 Å². The fraction of sp³-hybridized carbons (Fsp3) is 0.200. The van der Waals surface area contributed by atoms with Crippen molar-refractivity contribution in [3.63, 3.8) is 0 Å². The van der Waals surface area contributed by atoms with E-state index in [0.29, 0.717) is 24.4 Å². The number of nitrogens with zero attached hydrogens (tertiary/aromatic N) is 3. The first kappa shape index (κ1) is 18.9. The molecule has 1 saturated heterocycles. The molecule has 0 radical (unpaired) electrons. The fourth-order valence-corrected chi connectivity index (χ4v) is 4.99. The van der Waals surface area contributed by atoms with Crippen LogP contribution < -0.4 is 0 Å². The van der Waals surface area contributed by atoms with E-state index in [1.165, 1.54) is 5.56 Å². The van der Waals surface area contributed by atoms with Gasteiger partial charge in [0.1, 0.15) is 5.66 Å². The molecule has 0 N–H and O–H groups in total. The van der Waals surface area contributed by atoms with Gasteiger partial charge in [-0.1, -0.05) is 60.6 Å². The highest BCUT2D eigenvalue weighted by Crippen LogP contribution is 2.48. The average molecular weight is 416 g/mol. The molecule has 1 amide bonds. The molecule has 3 aromatic rings. The maximum atomic E-state index is 13.5. The van der Waals surface area contributed by atoms with E-state index in [1.54, 1.807) is 12.4 Å². The Labute approximate surface area is 181 Å². The summed E-state index contributed by atoms with van der Waals surface area (Å²) < 4.78 is 0. The molecule has 0 spiro atoms. The van der Waals surface area contributed by atoms with Crippen LogP contribution in [0.25, 0.3) is 5.70 Å². The van der Waals surface area contributed by atoms with Gasteiger partial charge in [-0.05, 0) is 34.9 Å². The second kappa shape index (κ2) is 7.29. The third kappa shape index (κ3) is 2.91. The van der Waals surface area contributed by atoms with Crippen LogP contribution in [0.1, 0.15) is 22.3 Å². The summed E-state index contributed by atoms with van der Waals surface area (Å²) in [6.45, 7) is 5.81. The Hall–Kier alpha value is -3.11. The number of rotatable bonds is 3. The summed E-state index contributed by atoms with van der Waals surface area (Å²) >= 11 is 6.19. The minimum absolute atomic E-state index is 0.0904. The Balaban J connectivity index is 1.62. The van der Waals surface area contributed by atoms with Crippen LogP contribution in [0.4, 0.5) is 0 Å². The molecule has 2 aliphatic rings. The zero-order valence-corrected chi connectivity index (χ0v) is 17.3. The van der Waals surface area contributed by atoms with Gasteiger partial charge in [0.25, 0.3) is 0 Å². The number of hydrogen-bond donors (Lipinski definition) is 0. The van der Waals surface area contributed by atoms with Gasteiger partial charge in [0.05, 0.1) is 6.42 Å². The first-order valence-electron chi connectivity index (χ1n) is 10.1. The summed E-state index contributed by atoms with van der Waals surface area (Å²) in [6, 6.07) is 20.0. The zero-order chi connectivity index (χ0) is 20.7. The highest BCUT2D eigenvalue weighted by atomic mass is 35.5. The Morgan fingerprint density at radius 3 is 2.63 bits per heavy atom. The van der Waals surface area contributed by atoms with Gasteiger partial charge in [-0.3, -0.25) is 9.78 Å². The standard InChI is InChI=1S/C25H22ClN3O/c1-18-23-7-3-2-6-20(23)16-25(21-8-10-22(26)11-9-21)28(18)13-14-29(25)24(30)15-19-5-4-12-27-17-19/h2-12,17H,1,13-16H2. The second-order valence-electron chi connectivity index (χ2n) is 7.84. The predicted molar refractivity (Wildman–Crippen MR) is 119 cm³/mol. The van der Waals surface area contributed by atoms with Gasteiger partial charge < -0.3 is 9.80 Å². The number of halogens is 1. The Morgan fingerprint density at radius 2 is 1.87 bits per heavy atom. The van der Waals surface area contributed by atoms with Gasteiger partial charge in [0.2, 0.25) is 5.91 Å². The maximum Gasteiger partial charge on any atom is 0.229 e. The van der Waals surface area contributed by atoms with Gasteiger partial charge in [-0.15, -0.1) is 0 Å². The summed E-state index contributed by atoms with van der Waals surface area (Å²) in [6.07, 6.45) is 4.52. The van der Waals surface area contributed by atoms with Crippen molar-refractivity contribution in [3.8, 4) is 0 Å². The van der Waals surface area contributed by atoms with Gasteiger partial charge >= 0.3 is 0 Å². The smallest absolute Gasteiger partial charge is 0.229 e. The summed E-state index contributed by atoms with van der Waals surface area (Å²) in [7, 11) is 0. The summed E-state index contributed by atoms with van der Waals surface area (Å²) in [5.41, 5.74) is 4.69. The van der Waals surface area contributed by atoms with E-state index in [-0.39, 0.29) is 5.91 Å². The lowest BCUT2D eigenvalue weighted by atomic mass is 9.82. The molecule has 30 heavy (non-hydrogen) atoms. The number of fused-ring (bicyclic) bond motifs is 2. The number of amides is 1. The second-order valence-corrected chi connectivity index (χ2v) is 8.28. The minimum atomic E-state index is -0.602. The molecule has 0 bridgehead atoms. The topological polar surface area (TPSA) is 36.4 Å². The lowest BCUT2D eigenvalue weighted by molar-refractivity contribution is -0.138. The van der Waals surface area contributed by atoms with Crippen LogP contribution in [-0.4, -0.2) is 33.8 Å². The largest absolute Gasteiger partial charge is 0.343 e. The first-order valence-corrected chi connectivity index (χ1v) is 10.5. The number of aromatic nitrogens is 1. The molecule has 5 heteroatoms. The van der Waals surface area contributed by atoms with E-state index in [2.05, 4.69) is 28.6 Å². The summed E-state index contributed by atoms with van der Waals surface area (Å²) in [5.74, 6) is 0.0904. The highest BCUT2D eigenvalue weighted by molar-refractivity contribution is 6.30. The lowest BCUT2D eigenvalue weighted by Crippen LogP contribution is -2.55. The van der Waals surface area contributed by atoms with Gasteiger partial charge in [0, 0.05) is 48.2 Å². The van der Waals surface area contributed by atoms with Crippen LogP contribution >= 0.6 is 11.6 Å². The van der Waals surface area contributed by atoms with Gasteiger partial charge in [0.15, 0.2) is 0 Å². The van der Waals surface area contributed by atoms with Crippen molar-refractivity contribution in [1.29, 1.82) is 0 Å². The number of benzene rings is 2. The van der Waals surface area contributed by atoms with Crippen LogP contribution in [0.3, 0.4) is 0 Å². The van der Waals surface area contributed by atoms with E-state index >= 15 is 0 Å². The fourth-order valence-electron chi connectivity index (χ4n) is 4.87.